The zero-order valence-corrected chi connectivity index (χ0v) is 19.1. The zero-order valence-electron chi connectivity index (χ0n) is 19.1. The predicted molar refractivity (Wildman–Crippen MR) is 109 cm³/mol. The molecule has 1 unspecified atom stereocenters. The van der Waals surface area contributed by atoms with E-state index >= 15 is 0 Å². The average Bonchev–Trinajstić information content (AvgIpc) is 3.41. The molecular formula is C24H30O8. The molecule has 0 aromatic heterocycles. The van der Waals surface area contributed by atoms with E-state index in [0.717, 1.165) is 5.57 Å². The number of ketones is 1. The summed E-state index contributed by atoms with van der Waals surface area (Å²) in [7, 11) is 0. The first-order valence-corrected chi connectivity index (χ1v) is 11.4. The summed E-state index contributed by atoms with van der Waals surface area (Å²) in [6.45, 7) is 8.43. The van der Waals surface area contributed by atoms with Crippen molar-refractivity contribution < 1.29 is 38.1 Å². The van der Waals surface area contributed by atoms with E-state index in [2.05, 4.69) is 6.92 Å². The molecule has 8 nitrogen and oxygen atoms in total. The minimum absolute atomic E-state index is 0.0150. The van der Waals surface area contributed by atoms with Gasteiger partial charge < -0.3 is 18.9 Å². The van der Waals surface area contributed by atoms with Crippen LogP contribution in [0, 0.1) is 28.6 Å². The molecule has 0 N–H and O–H groups in total. The highest BCUT2D eigenvalue weighted by atomic mass is 16.6. The molecule has 0 amide bonds. The van der Waals surface area contributed by atoms with E-state index in [9.17, 15) is 19.2 Å². The first-order chi connectivity index (χ1) is 14.9. The maximum Gasteiger partial charge on any atom is 0.330 e. The van der Waals surface area contributed by atoms with Crippen LogP contribution in [0.3, 0.4) is 0 Å². The fraction of sp³-hybridized carbons (Fsp3) is 0.750. The molecule has 174 valence electrons. The summed E-state index contributed by atoms with van der Waals surface area (Å²) in [6, 6.07) is 0. The van der Waals surface area contributed by atoms with Gasteiger partial charge in [-0.15, -0.1) is 0 Å². The van der Waals surface area contributed by atoms with Crippen LogP contribution in [0.15, 0.2) is 11.6 Å². The molecule has 4 fully saturated rings. The third kappa shape index (κ3) is 2.65. The number of fused-ring (bicyclic) bond motifs is 8. The zero-order chi connectivity index (χ0) is 23.2. The van der Waals surface area contributed by atoms with Crippen molar-refractivity contribution in [1.82, 2.24) is 0 Å². The highest BCUT2D eigenvalue weighted by molar-refractivity contribution is 5.89. The lowest BCUT2D eigenvalue weighted by Crippen LogP contribution is -2.65. The number of cyclic esters (lactones) is 1. The number of carbonyl (C=O) groups is 4. The quantitative estimate of drug-likeness (QED) is 0.369. The number of hydrogen-bond donors (Lipinski definition) is 0. The Morgan fingerprint density at radius 3 is 2.47 bits per heavy atom. The van der Waals surface area contributed by atoms with Crippen molar-refractivity contribution in [2.75, 3.05) is 6.61 Å². The molecule has 0 bridgehead atoms. The molecule has 32 heavy (non-hydrogen) atoms. The Kier molecular flexibility index (Phi) is 4.49. The molecule has 3 aliphatic carbocycles. The maximum absolute atomic E-state index is 13.0. The normalized spacial score (nSPS) is 48.2. The number of esters is 3. The van der Waals surface area contributed by atoms with Crippen LogP contribution in [0.4, 0.5) is 0 Å². The summed E-state index contributed by atoms with van der Waals surface area (Å²) in [5.74, 6) is -1.56. The SMILES string of the molecule is CC(=O)OC1C[C@@]2(C)[C@@H](CC[C@]2(OC(C)=O)C(C)=O)[C@@H]2[C@@H]3O[C@@H]3C3=CC(=O)OC[C@]3(C)[C@@H]12. The molecule has 5 aliphatic rings. The molecule has 0 aromatic rings. The second-order valence-electron chi connectivity index (χ2n) is 10.6. The highest BCUT2D eigenvalue weighted by Gasteiger charge is 2.76. The Bertz CT molecular complexity index is 954. The topological polar surface area (TPSA) is 109 Å². The number of epoxide rings is 1. The van der Waals surface area contributed by atoms with Crippen LogP contribution in [0.1, 0.15) is 53.9 Å². The Morgan fingerprint density at radius 2 is 1.84 bits per heavy atom. The maximum atomic E-state index is 13.0. The molecule has 1 saturated heterocycles. The number of hydrogen-bond acceptors (Lipinski definition) is 8. The van der Waals surface area contributed by atoms with Gasteiger partial charge in [-0.25, -0.2) is 4.79 Å². The third-order valence-electron chi connectivity index (χ3n) is 9.05. The molecular weight excluding hydrogens is 416 g/mol. The van der Waals surface area contributed by atoms with Gasteiger partial charge in [0.1, 0.15) is 18.8 Å². The standard InChI is InChI=1S/C24H30O8/c1-11(25)24(32-13(3)27)7-6-14-18-19(16(30-12(2)26)9-23(14,24)5)22(4)10-29-17(28)8-15(22)20-21(18)31-20/h8,14,16,18-21H,6-7,9-10H2,1-5H3/t14-,16?,18-,19-,20+,21-,22-,23-,24-/m0/s1. The Hall–Kier alpha value is -2.22. The molecule has 8 heteroatoms. The largest absolute Gasteiger partial charge is 0.462 e. The van der Waals surface area contributed by atoms with Gasteiger partial charge in [0.2, 0.25) is 0 Å². The first-order valence-electron chi connectivity index (χ1n) is 11.4. The van der Waals surface area contributed by atoms with Gasteiger partial charge in [-0.1, -0.05) is 13.8 Å². The minimum Gasteiger partial charge on any atom is -0.462 e. The summed E-state index contributed by atoms with van der Waals surface area (Å²) in [5, 5.41) is 0. The van der Waals surface area contributed by atoms with Gasteiger partial charge in [0.25, 0.3) is 0 Å². The molecule has 0 aromatic carbocycles. The van der Waals surface area contributed by atoms with E-state index < -0.39 is 34.5 Å². The second kappa shape index (κ2) is 6.65. The van der Waals surface area contributed by atoms with Gasteiger partial charge in [0.05, 0.1) is 6.10 Å². The van der Waals surface area contributed by atoms with Crippen molar-refractivity contribution in [3.8, 4) is 0 Å². The number of ether oxygens (including phenoxy) is 4. The molecule has 3 saturated carbocycles. The van der Waals surface area contributed by atoms with Gasteiger partial charge >= 0.3 is 17.9 Å². The monoisotopic (exact) mass is 446 g/mol. The number of rotatable bonds is 3. The number of Topliss-reactive ketones (excluding diaryl/α,β-unsaturated/α-hetero) is 1. The van der Waals surface area contributed by atoms with Crippen LogP contribution < -0.4 is 0 Å². The average molecular weight is 446 g/mol. The smallest absolute Gasteiger partial charge is 0.330 e. The van der Waals surface area contributed by atoms with Crippen LogP contribution in [-0.2, 0) is 38.1 Å². The summed E-state index contributed by atoms with van der Waals surface area (Å²) >= 11 is 0. The fourth-order valence-electron chi connectivity index (χ4n) is 7.90. The minimum atomic E-state index is -1.26. The van der Waals surface area contributed by atoms with Crippen LogP contribution in [0.2, 0.25) is 0 Å². The summed E-state index contributed by atoms with van der Waals surface area (Å²) < 4.78 is 23.3. The lowest BCUT2D eigenvalue weighted by molar-refractivity contribution is -0.207. The van der Waals surface area contributed by atoms with Crippen LogP contribution >= 0.6 is 0 Å². The van der Waals surface area contributed by atoms with Crippen molar-refractivity contribution in [3.05, 3.63) is 11.6 Å². The third-order valence-corrected chi connectivity index (χ3v) is 9.05. The number of carbonyl (C=O) groups excluding carboxylic acids is 4. The second-order valence-corrected chi connectivity index (χ2v) is 10.6. The van der Waals surface area contributed by atoms with Gasteiger partial charge in [-0.05, 0) is 43.6 Å². The first kappa shape index (κ1) is 21.6. The van der Waals surface area contributed by atoms with Crippen molar-refractivity contribution in [2.24, 2.45) is 28.6 Å². The Balaban J connectivity index is 1.64. The van der Waals surface area contributed by atoms with Gasteiger partial charge in [-0.2, -0.15) is 0 Å². The van der Waals surface area contributed by atoms with Crippen LogP contribution in [-0.4, -0.2) is 54.2 Å². The predicted octanol–water partition coefficient (Wildman–Crippen LogP) is 2.13. The molecule has 9 atom stereocenters. The van der Waals surface area contributed by atoms with Crippen molar-refractivity contribution in [2.45, 2.75) is 77.8 Å². The van der Waals surface area contributed by atoms with Crippen LogP contribution in [0.25, 0.3) is 0 Å². The Morgan fingerprint density at radius 1 is 1.12 bits per heavy atom. The van der Waals surface area contributed by atoms with E-state index in [1.165, 1.54) is 26.8 Å². The van der Waals surface area contributed by atoms with Crippen molar-refractivity contribution >= 4 is 23.7 Å². The van der Waals surface area contributed by atoms with E-state index in [0.29, 0.717) is 19.3 Å². The molecule has 0 radical (unpaired) electrons. The van der Waals surface area contributed by atoms with E-state index in [1.807, 2.05) is 6.92 Å². The van der Waals surface area contributed by atoms with Gasteiger partial charge in [0, 0.05) is 36.7 Å². The lowest BCUT2D eigenvalue weighted by atomic mass is 9.46. The molecule has 0 spiro atoms. The summed E-state index contributed by atoms with van der Waals surface area (Å²) in [4.78, 5) is 49.2. The lowest BCUT2D eigenvalue weighted by Gasteiger charge is -2.59. The fourth-order valence-corrected chi connectivity index (χ4v) is 7.90. The highest BCUT2D eigenvalue weighted by Crippen LogP contribution is 2.71. The van der Waals surface area contributed by atoms with Gasteiger partial charge in [-0.3, -0.25) is 14.4 Å². The van der Waals surface area contributed by atoms with E-state index in [-0.39, 0.29) is 48.3 Å². The molecule has 2 heterocycles. The van der Waals surface area contributed by atoms with Crippen molar-refractivity contribution in [1.29, 1.82) is 0 Å². The van der Waals surface area contributed by atoms with E-state index in [4.69, 9.17) is 18.9 Å². The van der Waals surface area contributed by atoms with Gasteiger partial charge in [0.15, 0.2) is 11.4 Å². The molecule has 5 rings (SSSR count). The Labute approximate surface area is 187 Å². The van der Waals surface area contributed by atoms with E-state index in [1.54, 1.807) is 0 Å². The summed E-state index contributed by atoms with van der Waals surface area (Å²) in [5.41, 5.74) is -1.57. The molecule has 2 aliphatic heterocycles. The van der Waals surface area contributed by atoms with Crippen molar-refractivity contribution in [3.63, 3.8) is 0 Å². The van der Waals surface area contributed by atoms with Crippen LogP contribution in [0.5, 0.6) is 0 Å². The summed E-state index contributed by atoms with van der Waals surface area (Å²) in [6.07, 6.45) is 2.25.